The van der Waals surface area contributed by atoms with Gasteiger partial charge in [0.05, 0.1) is 13.3 Å². The van der Waals surface area contributed by atoms with Crippen molar-refractivity contribution >= 4 is 23.7 Å². The van der Waals surface area contributed by atoms with Crippen molar-refractivity contribution in [3.05, 3.63) is 107 Å². The van der Waals surface area contributed by atoms with Crippen LogP contribution < -0.4 is 20.2 Å². The highest BCUT2D eigenvalue weighted by molar-refractivity contribution is 5.95. The number of benzene rings is 3. The molecule has 2 N–H and O–H groups in total. The molecule has 1 heterocycles. The van der Waals surface area contributed by atoms with Crippen LogP contribution >= 0.6 is 0 Å². The third-order valence-corrected chi connectivity index (χ3v) is 10.4. The van der Waals surface area contributed by atoms with Crippen molar-refractivity contribution in [2.45, 2.75) is 57.8 Å². The number of nitrogens with zero attached hydrogens (tertiary/aromatic N) is 2. The minimum atomic E-state index is -0.311. The normalized spacial score (nSPS) is 22.7. The first-order valence-electron chi connectivity index (χ1n) is 16.6. The van der Waals surface area contributed by atoms with E-state index in [4.69, 9.17) is 9.47 Å². The van der Waals surface area contributed by atoms with Crippen molar-refractivity contribution in [3.8, 4) is 17.2 Å². The second-order valence-corrected chi connectivity index (χ2v) is 13.7. The minimum Gasteiger partial charge on any atom is -0.493 e. The molecule has 4 saturated carbocycles. The number of anilines is 1. The van der Waals surface area contributed by atoms with Gasteiger partial charge in [0.2, 0.25) is 0 Å². The van der Waals surface area contributed by atoms with E-state index in [0.717, 1.165) is 40.5 Å². The van der Waals surface area contributed by atoms with Gasteiger partial charge in [-0.05, 0) is 153 Å². The molecule has 8 rings (SSSR count). The van der Waals surface area contributed by atoms with Gasteiger partial charge in [-0.3, -0.25) is 9.59 Å². The van der Waals surface area contributed by atoms with Crippen LogP contribution in [0.4, 0.5) is 5.69 Å². The zero-order valence-electron chi connectivity index (χ0n) is 27.3. The van der Waals surface area contributed by atoms with Gasteiger partial charge in [0, 0.05) is 28.3 Å². The minimum absolute atomic E-state index is 0.154. The first kappa shape index (κ1) is 30.8. The van der Waals surface area contributed by atoms with Crippen LogP contribution in [0.25, 0.3) is 5.69 Å². The molecule has 8 heteroatoms. The number of hydrogen-bond donors (Lipinski definition) is 2. The third-order valence-electron chi connectivity index (χ3n) is 10.4. The molecule has 47 heavy (non-hydrogen) atoms. The zero-order chi connectivity index (χ0) is 32.5. The molecule has 8 nitrogen and oxygen atoms in total. The Morgan fingerprint density at radius 3 is 2.11 bits per heavy atom. The highest BCUT2D eigenvalue weighted by Crippen LogP contribution is 2.60. The molecule has 0 saturated heterocycles. The quantitative estimate of drug-likeness (QED) is 0.142. The highest BCUT2D eigenvalue weighted by atomic mass is 16.5. The van der Waals surface area contributed by atoms with Gasteiger partial charge < -0.3 is 19.4 Å². The molecule has 4 fully saturated rings. The Labute approximate surface area is 276 Å². The largest absolute Gasteiger partial charge is 0.493 e. The molecular formula is C39H42N4O4. The van der Waals surface area contributed by atoms with Crippen LogP contribution in [0.5, 0.6) is 11.5 Å². The van der Waals surface area contributed by atoms with Gasteiger partial charge in [-0.15, -0.1) is 0 Å². The molecule has 1 aromatic heterocycles. The molecular weight excluding hydrogens is 588 g/mol. The van der Waals surface area contributed by atoms with E-state index in [1.54, 1.807) is 30.3 Å². The van der Waals surface area contributed by atoms with Crippen molar-refractivity contribution in [3.63, 3.8) is 0 Å². The molecule has 0 unspecified atom stereocenters. The number of methoxy groups -OCH3 is 1. The summed E-state index contributed by atoms with van der Waals surface area (Å²) in [5.74, 6) is 3.04. The number of hydrazone groups is 1. The summed E-state index contributed by atoms with van der Waals surface area (Å²) in [7, 11) is 1.54. The van der Waals surface area contributed by atoms with Crippen LogP contribution in [-0.4, -0.2) is 36.3 Å². The van der Waals surface area contributed by atoms with Crippen molar-refractivity contribution in [1.82, 2.24) is 9.99 Å². The maximum atomic E-state index is 12.7. The molecule has 4 aliphatic carbocycles. The lowest BCUT2D eigenvalue weighted by atomic mass is 9.48. The van der Waals surface area contributed by atoms with E-state index in [2.05, 4.69) is 44.7 Å². The first-order chi connectivity index (χ1) is 22.8. The molecule has 4 aromatic rings. The second kappa shape index (κ2) is 12.7. The smallest absolute Gasteiger partial charge is 0.271 e. The summed E-state index contributed by atoms with van der Waals surface area (Å²) < 4.78 is 13.4. The van der Waals surface area contributed by atoms with Gasteiger partial charge in [0.25, 0.3) is 11.8 Å². The first-order valence-corrected chi connectivity index (χ1v) is 16.6. The summed E-state index contributed by atoms with van der Waals surface area (Å²) in [5.41, 5.74) is 9.59. The fourth-order valence-electron chi connectivity index (χ4n) is 8.66. The summed E-state index contributed by atoms with van der Waals surface area (Å²) >= 11 is 0. The Bertz CT molecular complexity index is 1750. The monoisotopic (exact) mass is 630 g/mol. The van der Waals surface area contributed by atoms with Crippen molar-refractivity contribution in [1.29, 1.82) is 0 Å². The van der Waals surface area contributed by atoms with Crippen molar-refractivity contribution < 1.29 is 19.1 Å². The molecule has 0 aliphatic heterocycles. The lowest BCUT2D eigenvalue weighted by Gasteiger charge is -2.57. The van der Waals surface area contributed by atoms with E-state index < -0.39 is 0 Å². The van der Waals surface area contributed by atoms with E-state index in [1.807, 2.05) is 38.1 Å². The highest BCUT2D eigenvalue weighted by Gasteiger charge is 2.51. The zero-order valence-corrected chi connectivity index (χ0v) is 27.3. The number of carbonyl (C=O) groups excluding carboxylic acids is 2. The standard InChI is InChI=1S/C39H42N4O4/c1-25-4-5-26(2)43(25)34-13-7-31(8-14-34)38(45)42-40-23-27-6-15-35(36(19-27)46-3)47-24-37(44)41-33-11-9-32(10-12-33)39-20-28-16-29(21-39)18-30(17-28)22-39/h4-15,19,23,28-30H,16-18,20-22,24H2,1-3H3,(H,41,44)(H,42,45)/b40-23-. The summed E-state index contributed by atoms with van der Waals surface area (Å²) in [6, 6.07) is 25.3. The average Bonchev–Trinajstić information content (AvgIpc) is 3.40. The fourth-order valence-corrected chi connectivity index (χ4v) is 8.66. The number of hydrogen-bond acceptors (Lipinski definition) is 5. The fraction of sp³-hybridized carbons (Fsp3) is 0.359. The number of amides is 2. The predicted molar refractivity (Wildman–Crippen MR) is 184 cm³/mol. The molecule has 242 valence electrons. The summed E-state index contributed by atoms with van der Waals surface area (Å²) in [5, 5.41) is 7.07. The molecule has 3 aromatic carbocycles. The topological polar surface area (TPSA) is 93.9 Å². The van der Waals surface area contributed by atoms with E-state index in [-0.39, 0.29) is 18.4 Å². The number of ether oxygens (including phenoxy) is 2. The molecule has 0 spiro atoms. The van der Waals surface area contributed by atoms with Crippen LogP contribution in [0.3, 0.4) is 0 Å². The number of aromatic nitrogens is 1. The van der Waals surface area contributed by atoms with E-state index >= 15 is 0 Å². The number of aryl methyl sites for hydroxylation is 2. The van der Waals surface area contributed by atoms with Crippen LogP contribution in [0, 0.1) is 31.6 Å². The van der Waals surface area contributed by atoms with Crippen LogP contribution in [-0.2, 0) is 10.2 Å². The van der Waals surface area contributed by atoms with Gasteiger partial charge in [-0.2, -0.15) is 5.10 Å². The lowest BCUT2D eigenvalue weighted by molar-refractivity contribution is -0.118. The Kier molecular flexibility index (Phi) is 8.35. The summed E-state index contributed by atoms with van der Waals surface area (Å²) in [6.45, 7) is 3.95. The van der Waals surface area contributed by atoms with Gasteiger partial charge in [-0.25, -0.2) is 5.43 Å². The summed E-state index contributed by atoms with van der Waals surface area (Å²) in [4.78, 5) is 25.4. The van der Waals surface area contributed by atoms with Gasteiger partial charge in [0.1, 0.15) is 0 Å². The number of rotatable bonds is 10. The van der Waals surface area contributed by atoms with Crippen LogP contribution in [0.2, 0.25) is 0 Å². The lowest BCUT2D eigenvalue weighted by Crippen LogP contribution is -2.48. The SMILES string of the molecule is COc1cc(/C=N\NC(=O)c2ccc(-n3c(C)ccc3C)cc2)ccc1OCC(=O)Nc1ccc(C23CC4CC(CC(C4)C2)C3)cc1. The number of carbonyl (C=O) groups is 2. The third kappa shape index (κ3) is 6.42. The van der Waals surface area contributed by atoms with Gasteiger partial charge >= 0.3 is 0 Å². The van der Waals surface area contributed by atoms with E-state index in [1.165, 1.54) is 57.4 Å². The maximum absolute atomic E-state index is 12.7. The Balaban J connectivity index is 0.907. The van der Waals surface area contributed by atoms with Gasteiger partial charge in [0.15, 0.2) is 18.1 Å². The molecule has 0 atom stereocenters. The Hall–Kier alpha value is -4.85. The van der Waals surface area contributed by atoms with E-state index in [9.17, 15) is 9.59 Å². The Morgan fingerprint density at radius 2 is 1.49 bits per heavy atom. The van der Waals surface area contributed by atoms with Gasteiger partial charge in [-0.1, -0.05) is 12.1 Å². The summed E-state index contributed by atoms with van der Waals surface area (Å²) in [6.07, 6.45) is 9.79. The average molecular weight is 631 g/mol. The molecule has 0 radical (unpaired) electrons. The second-order valence-electron chi connectivity index (χ2n) is 13.7. The van der Waals surface area contributed by atoms with E-state index in [0.29, 0.717) is 28.0 Å². The number of nitrogens with one attached hydrogen (secondary N) is 2. The van der Waals surface area contributed by atoms with Crippen molar-refractivity contribution in [2.75, 3.05) is 19.0 Å². The Morgan fingerprint density at radius 1 is 0.851 bits per heavy atom. The molecule has 4 bridgehead atoms. The van der Waals surface area contributed by atoms with Crippen LogP contribution in [0.15, 0.2) is 84.0 Å². The molecule has 2 amide bonds. The predicted octanol–water partition coefficient (Wildman–Crippen LogP) is 7.35. The molecule has 4 aliphatic rings. The van der Waals surface area contributed by atoms with Crippen LogP contribution in [0.1, 0.15) is 71.4 Å². The maximum Gasteiger partial charge on any atom is 0.271 e. The van der Waals surface area contributed by atoms with Crippen molar-refractivity contribution in [2.24, 2.45) is 22.9 Å².